The van der Waals surface area contributed by atoms with E-state index in [-0.39, 0.29) is 0 Å². The first-order valence-electron chi connectivity index (χ1n) is 4.98. The molecule has 0 unspecified atom stereocenters. The van der Waals surface area contributed by atoms with Crippen LogP contribution in [-0.4, -0.2) is 42.1 Å². The average molecular weight is 205 g/mol. The lowest BCUT2D eigenvalue weighted by atomic mass is 10.3. The maximum absolute atomic E-state index is 5.49. The summed E-state index contributed by atoms with van der Waals surface area (Å²) in [5, 5.41) is 0. The minimum atomic E-state index is 0.595. The number of H-pyrrole nitrogens is 1. The topological polar surface area (TPSA) is 41.1 Å². The zero-order chi connectivity index (χ0) is 10.7. The summed E-state index contributed by atoms with van der Waals surface area (Å²) in [6.45, 7) is 1.53. The van der Waals surface area contributed by atoms with Crippen molar-refractivity contribution in [2.45, 2.75) is 0 Å². The highest BCUT2D eigenvalue weighted by molar-refractivity contribution is 5.75. The first kappa shape index (κ1) is 9.98. The van der Waals surface area contributed by atoms with E-state index in [9.17, 15) is 0 Å². The van der Waals surface area contributed by atoms with Gasteiger partial charge in [-0.05, 0) is 26.2 Å². The Morgan fingerprint density at radius 2 is 2.13 bits per heavy atom. The number of imidazole rings is 1. The summed E-state index contributed by atoms with van der Waals surface area (Å²) in [6, 6.07) is 8.49. The number of hydrogen-bond acceptors (Lipinski definition) is 3. The second-order valence-corrected chi connectivity index (χ2v) is 3.71. The zero-order valence-electron chi connectivity index (χ0n) is 9.03. The molecule has 0 saturated heterocycles. The number of rotatable bonds is 4. The summed E-state index contributed by atoms with van der Waals surface area (Å²) in [5.74, 6) is 0. The smallest absolute Gasteiger partial charge is 0.294 e. The molecule has 1 aromatic heterocycles. The number of benzene rings is 1. The molecule has 0 fully saturated rings. The molecule has 0 bridgehead atoms. The molecule has 0 saturated carbocycles. The monoisotopic (exact) mass is 205 g/mol. The van der Waals surface area contributed by atoms with Gasteiger partial charge in [0.1, 0.15) is 6.61 Å². The highest BCUT2D eigenvalue weighted by atomic mass is 16.5. The van der Waals surface area contributed by atoms with Gasteiger partial charge in [0.25, 0.3) is 6.01 Å². The molecule has 0 radical (unpaired) electrons. The predicted octanol–water partition coefficient (Wildman–Crippen LogP) is 1.50. The maximum Gasteiger partial charge on any atom is 0.294 e. The molecule has 0 aliphatic rings. The molecule has 4 nitrogen and oxygen atoms in total. The van der Waals surface area contributed by atoms with Crippen LogP contribution in [0.3, 0.4) is 0 Å². The summed E-state index contributed by atoms with van der Waals surface area (Å²) in [5.41, 5.74) is 1.95. The van der Waals surface area contributed by atoms with Crippen LogP contribution in [0.15, 0.2) is 24.3 Å². The molecule has 0 aliphatic heterocycles. The number of ether oxygens (including phenoxy) is 1. The third-order valence-electron chi connectivity index (χ3n) is 2.14. The lowest BCUT2D eigenvalue weighted by molar-refractivity contribution is 0.248. The van der Waals surface area contributed by atoms with Crippen LogP contribution in [0, 0.1) is 0 Å². The van der Waals surface area contributed by atoms with E-state index in [1.54, 1.807) is 0 Å². The second-order valence-electron chi connectivity index (χ2n) is 3.71. The molecule has 0 aliphatic carbocycles. The van der Waals surface area contributed by atoms with E-state index in [4.69, 9.17) is 4.74 Å². The van der Waals surface area contributed by atoms with Crippen molar-refractivity contribution in [2.24, 2.45) is 0 Å². The van der Waals surface area contributed by atoms with E-state index in [0.29, 0.717) is 12.6 Å². The summed E-state index contributed by atoms with van der Waals surface area (Å²) >= 11 is 0. The van der Waals surface area contributed by atoms with Crippen LogP contribution in [0.25, 0.3) is 11.0 Å². The molecular formula is C11H15N3O. The van der Waals surface area contributed by atoms with Gasteiger partial charge in [-0.15, -0.1) is 0 Å². The van der Waals surface area contributed by atoms with E-state index >= 15 is 0 Å². The number of hydrogen-bond donors (Lipinski definition) is 1. The SMILES string of the molecule is CN(C)CCOc1nc2ccccc2[nH]1. The van der Waals surface area contributed by atoms with Crippen molar-refractivity contribution in [2.75, 3.05) is 27.2 Å². The van der Waals surface area contributed by atoms with Crippen molar-refractivity contribution < 1.29 is 4.74 Å². The van der Waals surface area contributed by atoms with Gasteiger partial charge < -0.3 is 14.6 Å². The molecule has 1 aromatic carbocycles. The van der Waals surface area contributed by atoms with Gasteiger partial charge in [-0.2, -0.15) is 4.98 Å². The number of aromatic nitrogens is 2. The summed E-state index contributed by atoms with van der Waals surface area (Å²) < 4.78 is 5.49. The third kappa shape index (κ3) is 2.47. The van der Waals surface area contributed by atoms with E-state index in [1.807, 2.05) is 38.4 Å². The molecule has 0 amide bonds. The van der Waals surface area contributed by atoms with Gasteiger partial charge in [-0.3, -0.25) is 0 Å². The van der Waals surface area contributed by atoms with Gasteiger partial charge in [0.05, 0.1) is 11.0 Å². The summed E-state index contributed by atoms with van der Waals surface area (Å²) in [6.07, 6.45) is 0. The van der Waals surface area contributed by atoms with Crippen LogP contribution in [0.4, 0.5) is 0 Å². The average Bonchev–Trinajstić information content (AvgIpc) is 2.59. The number of likely N-dealkylation sites (N-methyl/N-ethyl adjacent to an activating group) is 1. The van der Waals surface area contributed by atoms with Crippen molar-refractivity contribution in [3.8, 4) is 6.01 Å². The van der Waals surface area contributed by atoms with Gasteiger partial charge in [0, 0.05) is 6.54 Å². The Hall–Kier alpha value is -1.55. The fourth-order valence-corrected chi connectivity index (χ4v) is 1.32. The van der Waals surface area contributed by atoms with E-state index < -0.39 is 0 Å². The minimum Gasteiger partial charge on any atom is -0.463 e. The van der Waals surface area contributed by atoms with E-state index in [0.717, 1.165) is 17.6 Å². The van der Waals surface area contributed by atoms with E-state index in [1.165, 1.54) is 0 Å². The Labute approximate surface area is 88.9 Å². The Morgan fingerprint density at radius 1 is 1.33 bits per heavy atom. The fourth-order valence-electron chi connectivity index (χ4n) is 1.32. The van der Waals surface area contributed by atoms with Crippen molar-refractivity contribution in [3.63, 3.8) is 0 Å². The molecule has 0 spiro atoms. The van der Waals surface area contributed by atoms with Crippen LogP contribution >= 0.6 is 0 Å². The Bertz CT molecular complexity index is 403. The van der Waals surface area contributed by atoms with E-state index in [2.05, 4.69) is 14.9 Å². The van der Waals surface area contributed by atoms with Crippen LogP contribution < -0.4 is 4.74 Å². The molecular weight excluding hydrogens is 190 g/mol. The zero-order valence-corrected chi connectivity index (χ0v) is 9.03. The third-order valence-corrected chi connectivity index (χ3v) is 2.14. The van der Waals surface area contributed by atoms with Gasteiger partial charge >= 0.3 is 0 Å². The van der Waals surface area contributed by atoms with Crippen molar-refractivity contribution in [1.82, 2.24) is 14.9 Å². The number of para-hydroxylation sites is 2. The van der Waals surface area contributed by atoms with Crippen molar-refractivity contribution in [1.29, 1.82) is 0 Å². The Kier molecular flexibility index (Phi) is 2.87. The molecule has 4 heteroatoms. The lowest BCUT2D eigenvalue weighted by Crippen LogP contribution is -2.19. The van der Waals surface area contributed by atoms with Crippen LogP contribution in [0.2, 0.25) is 0 Å². The Morgan fingerprint density at radius 3 is 2.87 bits per heavy atom. The van der Waals surface area contributed by atoms with Gasteiger partial charge in [0.15, 0.2) is 0 Å². The first-order valence-corrected chi connectivity index (χ1v) is 4.98. The highest BCUT2D eigenvalue weighted by Crippen LogP contribution is 2.14. The molecule has 2 rings (SSSR count). The van der Waals surface area contributed by atoms with Gasteiger partial charge in [-0.1, -0.05) is 12.1 Å². The normalized spacial score (nSPS) is 11.1. The summed E-state index contributed by atoms with van der Waals surface area (Å²) in [7, 11) is 4.03. The number of nitrogens with one attached hydrogen (secondary N) is 1. The standard InChI is InChI=1S/C11H15N3O/c1-14(2)7-8-15-11-12-9-5-3-4-6-10(9)13-11/h3-6H,7-8H2,1-2H3,(H,12,13). The molecule has 2 aromatic rings. The number of aromatic amines is 1. The minimum absolute atomic E-state index is 0.595. The van der Waals surface area contributed by atoms with Crippen molar-refractivity contribution in [3.05, 3.63) is 24.3 Å². The molecule has 1 N–H and O–H groups in total. The largest absolute Gasteiger partial charge is 0.463 e. The highest BCUT2D eigenvalue weighted by Gasteiger charge is 2.01. The molecule has 15 heavy (non-hydrogen) atoms. The number of fused-ring (bicyclic) bond motifs is 1. The predicted molar refractivity (Wildman–Crippen MR) is 60.1 cm³/mol. The van der Waals surface area contributed by atoms with Crippen LogP contribution in [-0.2, 0) is 0 Å². The van der Waals surface area contributed by atoms with Crippen LogP contribution in [0.5, 0.6) is 6.01 Å². The van der Waals surface area contributed by atoms with Gasteiger partial charge in [-0.25, -0.2) is 0 Å². The summed E-state index contributed by atoms with van der Waals surface area (Å²) in [4.78, 5) is 9.50. The van der Waals surface area contributed by atoms with Gasteiger partial charge in [0.2, 0.25) is 0 Å². The lowest BCUT2D eigenvalue weighted by Gasteiger charge is -2.08. The second kappa shape index (κ2) is 4.31. The first-order chi connectivity index (χ1) is 7.25. The fraction of sp³-hybridized carbons (Fsp3) is 0.364. The number of nitrogens with zero attached hydrogens (tertiary/aromatic N) is 2. The Balaban J connectivity index is 2.03. The molecule has 0 atom stereocenters. The maximum atomic E-state index is 5.49. The quantitative estimate of drug-likeness (QED) is 0.822. The van der Waals surface area contributed by atoms with Crippen LogP contribution in [0.1, 0.15) is 0 Å². The van der Waals surface area contributed by atoms with Crippen molar-refractivity contribution >= 4 is 11.0 Å². The molecule has 80 valence electrons. The molecule has 1 heterocycles.